The summed E-state index contributed by atoms with van der Waals surface area (Å²) in [6, 6.07) is 4.24. The summed E-state index contributed by atoms with van der Waals surface area (Å²) in [6.07, 6.45) is 4.81. The lowest BCUT2D eigenvalue weighted by atomic mass is 9.91. The molecule has 0 aromatic carbocycles. The molecule has 15 heavy (non-hydrogen) atoms. The maximum absolute atomic E-state index is 10.6. The molecule has 2 nitrogen and oxygen atoms in total. The molecule has 0 amide bonds. The maximum atomic E-state index is 10.6. The third-order valence-corrected chi connectivity index (χ3v) is 4.36. The molecule has 1 aliphatic rings. The van der Waals surface area contributed by atoms with Crippen LogP contribution in [0.3, 0.4) is 0 Å². The van der Waals surface area contributed by atoms with Crippen molar-refractivity contribution in [1.82, 2.24) is 5.32 Å². The molecule has 1 aromatic heterocycles. The Labute approximate surface area is 95.3 Å². The van der Waals surface area contributed by atoms with Gasteiger partial charge in [0.05, 0.1) is 0 Å². The van der Waals surface area contributed by atoms with Crippen LogP contribution in [0, 0.1) is 0 Å². The van der Waals surface area contributed by atoms with Crippen molar-refractivity contribution >= 4 is 11.3 Å². The summed E-state index contributed by atoms with van der Waals surface area (Å²) in [5, 5.41) is 16.1. The van der Waals surface area contributed by atoms with E-state index in [1.807, 2.05) is 24.4 Å². The summed E-state index contributed by atoms with van der Waals surface area (Å²) in [4.78, 5) is 1.07. The van der Waals surface area contributed by atoms with Gasteiger partial charge in [-0.05, 0) is 37.8 Å². The molecule has 0 radical (unpaired) electrons. The van der Waals surface area contributed by atoms with Gasteiger partial charge in [0, 0.05) is 10.9 Å². The molecule has 0 bridgehead atoms. The molecule has 84 valence electrons. The molecular weight excluding hydrogens is 206 g/mol. The van der Waals surface area contributed by atoms with Crippen molar-refractivity contribution in [2.75, 3.05) is 6.54 Å². The molecule has 2 unspecified atom stereocenters. The Morgan fingerprint density at radius 3 is 3.07 bits per heavy atom. The molecule has 2 N–H and O–H groups in total. The molecule has 2 rings (SSSR count). The van der Waals surface area contributed by atoms with Crippen LogP contribution in [0.1, 0.15) is 37.5 Å². The van der Waals surface area contributed by atoms with Crippen LogP contribution in [0.2, 0.25) is 0 Å². The maximum Gasteiger partial charge on any atom is 0.111 e. The number of hydrogen-bond acceptors (Lipinski definition) is 3. The van der Waals surface area contributed by atoms with Crippen LogP contribution in [0.15, 0.2) is 17.5 Å². The van der Waals surface area contributed by atoms with Gasteiger partial charge in [0.2, 0.25) is 0 Å². The summed E-state index contributed by atoms with van der Waals surface area (Å²) < 4.78 is 0. The van der Waals surface area contributed by atoms with Gasteiger partial charge in [-0.3, -0.25) is 0 Å². The Bertz CT molecular complexity index is 287. The van der Waals surface area contributed by atoms with E-state index in [9.17, 15) is 5.11 Å². The summed E-state index contributed by atoms with van der Waals surface area (Å²) in [7, 11) is 0. The normalized spacial score (nSPS) is 26.9. The van der Waals surface area contributed by atoms with Gasteiger partial charge in [0.1, 0.15) is 5.60 Å². The van der Waals surface area contributed by atoms with Crippen molar-refractivity contribution < 1.29 is 5.11 Å². The minimum atomic E-state index is -0.710. The van der Waals surface area contributed by atoms with E-state index >= 15 is 0 Å². The zero-order valence-corrected chi connectivity index (χ0v) is 10.0. The molecule has 1 aliphatic heterocycles. The quantitative estimate of drug-likeness (QED) is 0.810. The van der Waals surface area contributed by atoms with E-state index in [2.05, 4.69) is 5.32 Å². The monoisotopic (exact) mass is 225 g/mol. The highest BCUT2D eigenvalue weighted by Crippen LogP contribution is 2.31. The molecule has 1 aromatic rings. The third-order valence-electron chi connectivity index (χ3n) is 3.26. The van der Waals surface area contributed by atoms with Crippen LogP contribution < -0.4 is 5.32 Å². The number of nitrogens with one attached hydrogen (secondary N) is 1. The van der Waals surface area contributed by atoms with Crippen LogP contribution in [0.4, 0.5) is 0 Å². The summed E-state index contributed by atoms with van der Waals surface area (Å²) in [6.45, 7) is 2.97. The Balaban J connectivity index is 2.13. The molecule has 2 heterocycles. The van der Waals surface area contributed by atoms with Crippen molar-refractivity contribution in [3.8, 4) is 0 Å². The van der Waals surface area contributed by atoms with E-state index in [1.165, 1.54) is 19.3 Å². The summed E-state index contributed by atoms with van der Waals surface area (Å²) >= 11 is 1.64. The van der Waals surface area contributed by atoms with Crippen molar-refractivity contribution in [3.63, 3.8) is 0 Å². The molecule has 0 saturated carbocycles. The van der Waals surface area contributed by atoms with Gasteiger partial charge < -0.3 is 10.4 Å². The Hall–Kier alpha value is -0.380. The SMILES string of the molecule is CC(O)(c1cccs1)C1CCCCCN1. The fraction of sp³-hybridized carbons (Fsp3) is 0.667. The second-order valence-electron chi connectivity index (χ2n) is 4.48. The van der Waals surface area contributed by atoms with Crippen LogP contribution >= 0.6 is 11.3 Å². The van der Waals surface area contributed by atoms with Gasteiger partial charge in [0.25, 0.3) is 0 Å². The summed E-state index contributed by atoms with van der Waals surface area (Å²) in [5.74, 6) is 0. The van der Waals surface area contributed by atoms with Crippen LogP contribution in [0.5, 0.6) is 0 Å². The van der Waals surface area contributed by atoms with Gasteiger partial charge in [0.15, 0.2) is 0 Å². The first-order chi connectivity index (χ1) is 7.21. The lowest BCUT2D eigenvalue weighted by Gasteiger charge is -2.32. The average Bonchev–Trinajstić information content (AvgIpc) is 2.61. The van der Waals surface area contributed by atoms with Crippen molar-refractivity contribution in [2.24, 2.45) is 0 Å². The average molecular weight is 225 g/mol. The topological polar surface area (TPSA) is 32.3 Å². The molecule has 0 aliphatic carbocycles. The minimum absolute atomic E-state index is 0.207. The number of rotatable bonds is 2. The van der Waals surface area contributed by atoms with E-state index in [0.717, 1.165) is 17.8 Å². The number of aliphatic hydroxyl groups is 1. The van der Waals surface area contributed by atoms with E-state index in [-0.39, 0.29) is 6.04 Å². The van der Waals surface area contributed by atoms with Gasteiger partial charge >= 0.3 is 0 Å². The highest BCUT2D eigenvalue weighted by Gasteiger charge is 2.34. The van der Waals surface area contributed by atoms with Gasteiger partial charge in [-0.25, -0.2) is 0 Å². The Kier molecular flexibility index (Phi) is 3.44. The van der Waals surface area contributed by atoms with Crippen molar-refractivity contribution in [1.29, 1.82) is 0 Å². The van der Waals surface area contributed by atoms with E-state index in [4.69, 9.17) is 0 Å². The first-order valence-corrected chi connectivity index (χ1v) is 6.59. The van der Waals surface area contributed by atoms with Crippen LogP contribution in [-0.2, 0) is 5.60 Å². The summed E-state index contributed by atoms with van der Waals surface area (Å²) in [5.41, 5.74) is -0.710. The second kappa shape index (κ2) is 4.64. The predicted molar refractivity (Wildman–Crippen MR) is 64.1 cm³/mol. The van der Waals surface area contributed by atoms with Crippen LogP contribution in [-0.4, -0.2) is 17.7 Å². The second-order valence-corrected chi connectivity index (χ2v) is 5.43. The fourth-order valence-electron chi connectivity index (χ4n) is 2.25. The molecule has 1 saturated heterocycles. The molecule has 1 fully saturated rings. The Morgan fingerprint density at radius 1 is 1.47 bits per heavy atom. The van der Waals surface area contributed by atoms with Gasteiger partial charge in [-0.1, -0.05) is 18.9 Å². The zero-order chi connectivity index (χ0) is 10.7. The standard InChI is InChI=1S/C12H19NOS/c1-12(14,11-7-5-9-15-11)10-6-3-2-4-8-13-10/h5,7,9-10,13-14H,2-4,6,8H2,1H3. The lowest BCUT2D eigenvalue weighted by molar-refractivity contribution is 0.0171. The van der Waals surface area contributed by atoms with E-state index < -0.39 is 5.60 Å². The fourth-order valence-corrected chi connectivity index (χ4v) is 3.09. The highest BCUT2D eigenvalue weighted by atomic mass is 32.1. The first-order valence-electron chi connectivity index (χ1n) is 5.71. The Morgan fingerprint density at radius 2 is 2.33 bits per heavy atom. The zero-order valence-electron chi connectivity index (χ0n) is 9.20. The number of thiophene rings is 1. The van der Waals surface area contributed by atoms with Crippen LogP contribution in [0.25, 0.3) is 0 Å². The van der Waals surface area contributed by atoms with E-state index in [1.54, 1.807) is 11.3 Å². The lowest BCUT2D eigenvalue weighted by Crippen LogP contribution is -2.45. The molecular formula is C12H19NOS. The minimum Gasteiger partial charge on any atom is -0.383 e. The first kappa shape index (κ1) is 11.1. The van der Waals surface area contributed by atoms with E-state index in [0.29, 0.717) is 0 Å². The van der Waals surface area contributed by atoms with Crippen molar-refractivity contribution in [3.05, 3.63) is 22.4 Å². The molecule has 0 spiro atoms. The van der Waals surface area contributed by atoms with Crippen molar-refractivity contribution in [2.45, 2.75) is 44.2 Å². The smallest absolute Gasteiger partial charge is 0.111 e. The highest BCUT2D eigenvalue weighted by molar-refractivity contribution is 7.10. The number of hydrogen-bond donors (Lipinski definition) is 2. The van der Waals surface area contributed by atoms with Gasteiger partial charge in [-0.2, -0.15) is 0 Å². The third kappa shape index (κ3) is 2.41. The molecule has 3 heteroatoms. The molecule has 2 atom stereocenters. The predicted octanol–water partition coefficient (Wildman–Crippen LogP) is 2.49. The van der Waals surface area contributed by atoms with Gasteiger partial charge in [-0.15, -0.1) is 11.3 Å². The largest absolute Gasteiger partial charge is 0.383 e.